The lowest BCUT2D eigenvalue weighted by Crippen LogP contribution is -2.40. The monoisotopic (exact) mass is 459 g/mol. The van der Waals surface area contributed by atoms with Crippen LogP contribution in [0.1, 0.15) is 63.9 Å². The molecule has 0 radical (unpaired) electrons. The predicted molar refractivity (Wildman–Crippen MR) is 121 cm³/mol. The van der Waals surface area contributed by atoms with Crippen LogP contribution >= 0.6 is 11.6 Å². The van der Waals surface area contributed by atoms with Crippen LogP contribution in [0, 0.1) is 12.3 Å². The van der Waals surface area contributed by atoms with Gasteiger partial charge in [-0.1, -0.05) is 17.7 Å². The second-order valence-electron chi connectivity index (χ2n) is 8.76. The maximum atomic E-state index is 12.9. The highest BCUT2D eigenvalue weighted by atomic mass is 35.5. The summed E-state index contributed by atoms with van der Waals surface area (Å²) in [6.45, 7) is 6.89. The topological polar surface area (TPSA) is 82.5 Å². The van der Waals surface area contributed by atoms with Gasteiger partial charge in [0.15, 0.2) is 0 Å². The lowest BCUT2D eigenvalue weighted by Gasteiger charge is -2.36. The number of carbonyl (C=O) groups is 2. The average Bonchev–Trinajstić information content (AvgIpc) is 3.07. The van der Waals surface area contributed by atoms with Crippen LogP contribution in [0.5, 0.6) is 0 Å². The molecule has 2 aliphatic heterocycles. The molecule has 1 saturated heterocycles. The van der Waals surface area contributed by atoms with Crippen molar-refractivity contribution >= 4 is 23.5 Å². The Morgan fingerprint density at radius 1 is 1.34 bits per heavy atom. The number of carbonyl (C=O) groups excluding carboxylic acids is 2. The van der Waals surface area contributed by atoms with Crippen molar-refractivity contribution in [3.8, 4) is 0 Å². The van der Waals surface area contributed by atoms with E-state index in [2.05, 4.69) is 5.32 Å². The van der Waals surface area contributed by atoms with Gasteiger partial charge in [0, 0.05) is 36.9 Å². The molecule has 3 heterocycles. The Bertz CT molecular complexity index is 1010. The van der Waals surface area contributed by atoms with Crippen LogP contribution in [0.4, 0.5) is 0 Å². The van der Waals surface area contributed by atoms with Crippen LogP contribution in [-0.4, -0.2) is 48.0 Å². The molecule has 32 heavy (non-hydrogen) atoms. The van der Waals surface area contributed by atoms with E-state index < -0.39 is 0 Å². The Hall–Kier alpha value is -2.38. The summed E-state index contributed by atoms with van der Waals surface area (Å²) < 4.78 is 12.9. The van der Waals surface area contributed by atoms with Crippen LogP contribution in [0.15, 0.2) is 18.2 Å². The van der Waals surface area contributed by atoms with Crippen LogP contribution in [0.3, 0.4) is 0 Å². The first-order chi connectivity index (χ1) is 15.4. The molecule has 1 aromatic carbocycles. The molecule has 2 aliphatic rings. The normalized spacial score (nSPS) is 17.5. The number of benzene rings is 1. The Labute approximate surface area is 193 Å². The lowest BCUT2D eigenvalue weighted by molar-refractivity contribution is 0.0160. The average molecular weight is 460 g/mol. The number of fused-ring (bicyclic) bond motifs is 1. The zero-order valence-corrected chi connectivity index (χ0v) is 19.5. The summed E-state index contributed by atoms with van der Waals surface area (Å²) in [5.41, 5.74) is 3.99. The highest BCUT2D eigenvalue weighted by Gasteiger charge is 2.39. The van der Waals surface area contributed by atoms with Gasteiger partial charge in [0.2, 0.25) is 0 Å². The molecule has 172 valence electrons. The van der Waals surface area contributed by atoms with Gasteiger partial charge in [0.1, 0.15) is 5.69 Å². The molecule has 2 aromatic rings. The first-order valence-electron chi connectivity index (χ1n) is 11.3. The van der Waals surface area contributed by atoms with Gasteiger partial charge >= 0.3 is 5.97 Å². The second-order valence-corrected chi connectivity index (χ2v) is 9.20. The minimum Gasteiger partial charge on any atom is -0.462 e. The van der Waals surface area contributed by atoms with Gasteiger partial charge in [-0.2, -0.15) is 5.10 Å². The maximum Gasteiger partial charge on any atom is 0.338 e. The van der Waals surface area contributed by atoms with Gasteiger partial charge in [-0.05, 0) is 69.1 Å². The van der Waals surface area contributed by atoms with E-state index in [0.29, 0.717) is 42.2 Å². The SMILES string of the molecule is CCn1nc(CCCOC(=O)c2cc(Cl)ccc2C)c2c1C(=O)NCC1(CCOCC1)C2. The fraction of sp³-hybridized carbons (Fsp3) is 0.542. The molecule has 1 aromatic heterocycles. The first-order valence-corrected chi connectivity index (χ1v) is 11.7. The van der Waals surface area contributed by atoms with E-state index in [9.17, 15) is 9.59 Å². The van der Waals surface area contributed by atoms with E-state index in [0.717, 1.165) is 49.3 Å². The van der Waals surface area contributed by atoms with Gasteiger partial charge in [-0.15, -0.1) is 0 Å². The summed E-state index contributed by atoms with van der Waals surface area (Å²) in [6.07, 6.45) is 3.97. The number of ether oxygens (including phenoxy) is 2. The molecule has 0 bridgehead atoms. The summed E-state index contributed by atoms with van der Waals surface area (Å²) in [7, 11) is 0. The number of aryl methyl sites for hydroxylation is 3. The molecule has 0 atom stereocenters. The molecule has 1 fully saturated rings. The van der Waals surface area contributed by atoms with Crippen LogP contribution in [0.25, 0.3) is 0 Å². The van der Waals surface area contributed by atoms with E-state index in [-0.39, 0.29) is 23.9 Å². The summed E-state index contributed by atoms with van der Waals surface area (Å²) in [5, 5.41) is 8.38. The quantitative estimate of drug-likeness (QED) is 0.525. The number of rotatable bonds is 6. The zero-order valence-electron chi connectivity index (χ0n) is 18.7. The number of nitrogens with zero attached hydrogens (tertiary/aromatic N) is 2. The first kappa shape index (κ1) is 22.8. The van der Waals surface area contributed by atoms with Crippen molar-refractivity contribution < 1.29 is 19.1 Å². The fourth-order valence-electron chi connectivity index (χ4n) is 4.66. The smallest absolute Gasteiger partial charge is 0.338 e. The molecule has 1 spiro atoms. The molecule has 1 amide bonds. The van der Waals surface area contributed by atoms with Crippen molar-refractivity contribution in [1.82, 2.24) is 15.1 Å². The third-order valence-electron chi connectivity index (χ3n) is 6.59. The van der Waals surface area contributed by atoms with Gasteiger partial charge in [-0.3, -0.25) is 9.48 Å². The molecule has 0 unspecified atom stereocenters. The number of aromatic nitrogens is 2. The zero-order chi connectivity index (χ0) is 22.7. The fourth-order valence-corrected chi connectivity index (χ4v) is 4.83. The minimum absolute atomic E-state index is 0.0199. The van der Waals surface area contributed by atoms with Crippen LogP contribution in [-0.2, 0) is 28.9 Å². The van der Waals surface area contributed by atoms with Crippen molar-refractivity contribution in [2.24, 2.45) is 5.41 Å². The third-order valence-corrected chi connectivity index (χ3v) is 6.82. The third kappa shape index (κ3) is 4.69. The molecule has 4 rings (SSSR count). The molecule has 1 N–H and O–H groups in total. The van der Waals surface area contributed by atoms with E-state index >= 15 is 0 Å². The molecular weight excluding hydrogens is 430 g/mol. The van der Waals surface area contributed by atoms with Crippen molar-refractivity contribution in [2.75, 3.05) is 26.4 Å². The van der Waals surface area contributed by atoms with Crippen molar-refractivity contribution in [3.05, 3.63) is 51.3 Å². The van der Waals surface area contributed by atoms with Gasteiger partial charge < -0.3 is 14.8 Å². The number of amides is 1. The number of hydrogen-bond donors (Lipinski definition) is 1. The number of esters is 1. The maximum absolute atomic E-state index is 12.9. The van der Waals surface area contributed by atoms with Gasteiger partial charge in [0.25, 0.3) is 5.91 Å². The predicted octanol–water partition coefficient (Wildman–Crippen LogP) is 3.74. The summed E-state index contributed by atoms with van der Waals surface area (Å²) >= 11 is 6.01. The summed E-state index contributed by atoms with van der Waals surface area (Å²) in [5.74, 6) is -0.421. The Morgan fingerprint density at radius 2 is 2.12 bits per heavy atom. The van der Waals surface area contributed by atoms with Crippen molar-refractivity contribution in [3.63, 3.8) is 0 Å². The molecule has 0 saturated carbocycles. The summed E-state index contributed by atoms with van der Waals surface area (Å²) in [4.78, 5) is 25.3. The van der Waals surface area contributed by atoms with Gasteiger partial charge in [0.05, 0.1) is 17.9 Å². The van der Waals surface area contributed by atoms with Gasteiger partial charge in [-0.25, -0.2) is 4.79 Å². The largest absolute Gasteiger partial charge is 0.462 e. The van der Waals surface area contributed by atoms with Crippen molar-refractivity contribution in [2.45, 2.75) is 52.5 Å². The Kier molecular flexibility index (Phi) is 6.86. The Morgan fingerprint density at radius 3 is 2.88 bits per heavy atom. The standard InChI is InChI=1S/C24H30ClN3O4/c1-3-28-21-19(14-24(15-26-22(21)29)8-11-31-12-9-24)20(27-28)5-4-10-32-23(30)18-13-17(25)7-6-16(18)2/h6-7,13H,3-5,8-12,14-15H2,1-2H3,(H,26,29). The lowest BCUT2D eigenvalue weighted by atomic mass is 9.75. The van der Waals surface area contributed by atoms with Crippen LogP contribution in [0.2, 0.25) is 5.02 Å². The number of nitrogens with one attached hydrogen (secondary N) is 1. The number of hydrogen-bond acceptors (Lipinski definition) is 5. The highest BCUT2D eigenvalue weighted by molar-refractivity contribution is 6.31. The molecule has 8 heteroatoms. The second kappa shape index (κ2) is 9.63. The van der Waals surface area contributed by atoms with E-state index in [1.807, 2.05) is 19.9 Å². The van der Waals surface area contributed by atoms with E-state index in [4.69, 9.17) is 26.2 Å². The summed E-state index contributed by atoms with van der Waals surface area (Å²) in [6, 6.07) is 5.20. The Balaban J connectivity index is 1.46. The van der Waals surface area contributed by atoms with Crippen molar-refractivity contribution in [1.29, 1.82) is 0 Å². The van der Waals surface area contributed by atoms with E-state index in [1.54, 1.807) is 16.8 Å². The molecular formula is C24H30ClN3O4. The number of halogens is 1. The molecule has 7 nitrogen and oxygen atoms in total. The minimum atomic E-state index is -0.372. The van der Waals surface area contributed by atoms with E-state index in [1.165, 1.54) is 0 Å². The molecule has 0 aliphatic carbocycles. The highest BCUT2D eigenvalue weighted by Crippen LogP contribution is 2.37. The van der Waals surface area contributed by atoms with Crippen LogP contribution < -0.4 is 5.32 Å².